The molecule has 1 fully saturated rings. The Labute approximate surface area is 145 Å². The van der Waals surface area contributed by atoms with Crippen molar-refractivity contribution < 1.29 is 4.79 Å². The fraction of sp³-hybridized carbons (Fsp3) is 0.250. The van der Waals surface area contributed by atoms with Crippen LogP contribution in [0.2, 0.25) is 0 Å². The number of nitrogens with one attached hydrogen (secondary N) is 2. The van der Waals surface area contributed by atoms with E-state index in [4.69, 9.17) is 0 Å². The largest absolute Gasteiger partial charge is 0.368 e. The molecule has 25 heavy (non-hydrogen) atoms. The lowest BCUT2D eigenvalue weighted by atomic mass is 9.98. The minimum Gasteiger partial charge on any atom is -0.368 e. The van der Waals surface area contributed by atoms with Crippen molar-refractivity contribution in [1.29, 1.82) is 0 Å². The second-order valence-corrected chi connectivity index (χ2v) is 6.67. The summed E-state index contributed by atoms with van der Waals surface area (Å²) in [5.41, 5.74) is 3.55. The number of aryl methyl sites for hydroxylation is 1. The number of benzene rings is 2. The molecule has 0 radical (unpaired) electrons. The van der Waals surface area contributed by atoms with Crippen molar-refractivity contribution >= 4 is 23.9 Å². The zero-order valence-corrected chi connectivity index (χ0v) is 14.0. The van der Waals surface area contributed by atoms with Crippen molar-refractivity contribution in [3.05, 3.63) is 57.3 Å². The molecule has 0 bridgehead atoms. The maximum absolute atomic E-state index is 11.9. The molecular formula is C20H19N3O2. The molecule has 1 aliphatic heterocycles. The van der Waals surface area contributed by atoms with Crippen molar-refractivity contribution in [2.24, 2.45) is 11.1 Å². The van der Waals surface area contributed by atoms with Crippen LogP contribution in [0, 0.1) is 17.7 Å². The second-order valence-electron chi connectivity index (χ2n) is 6.67. The van der Waals surface area contributed by atoms with Gasteiger partial charge in [-0.3, -0.25) is 4.79 Å². The van der Waals surface area contributed by atoms with Crippen LogP contribution in [0.3, 0.4) is 0 Å². The number of carbonyl (C=O) groups is 1. The highest BCUT2D eigenvalue weighted by Gasteiger charge is 2.30. The van der Waals surface area contributed by atoms with Gasteiger partial charge < -0.3 is 10.6 Å². The highest BCUT2D eigenvalue weighted by atomic mass is 16.3. The number of amides is 1. The van der Waals surface area contributed by atoms with Crippen LogP contribution in [0.4, 0.5) is 5.69 Å². The maximum atomic E-state index is 11.9. The Morgan fingerprint density at radius 2 is 2.00 bits per heavy atom. The molecule has 2 aliphatic rings. The van der Waals surface area contributed by atoms with Crippen LogP contribution in [-0.2, 0) is 4.79 Å². The molecule has 126 valence electrons. The summed E-state index contributed by atoms with van der Waals surface area (Å²) in [4.78, 5) is 22.7. The van der Waals surface area contributed by atoms with E-state index in [1.165, 1.54) is 0 Å². The SMILES string of the molecule is Cc1ccc(N=O)cc1-c1ccc2c(c1)=CNC(NC(=O)C1CC1)C=2. The molecule has 2 N–H and O–H groups in total. The van der Waals surface area contributed by atoms with E-state index in [9.17, 15) is 9.70 Å². The van der Waals surface area contributed by atoms with Gasteiger partial charge in [0.2, 0.25) is 5.91 Å². The predicted molar refractivity (Wildman–Crippen MR) is 98.0 cm³/mol. The lowest BCUT2D eigenvalue weighted by Crippen LogP contribution is -2.48. The highest BCUT2D eigenvalue weighted by molar-refractivity contribution is 5.82. The number of nitrogens with zero attached hydrogens (tertiary/aromatic N) is 1. The van der Waals surface area contributed by atoms with E-state index in [2.05, 4.69) is 21.9 Å². The molecular weight excluding hydrogens is 314 g/mol. The molecule has 0 spiro atoms. The molecule has 1 unspecified atom stereocenters. The van der Waals surface area contributed by atoms with Crippen molar-refractivity contribution in [3.63, 3.8) is 0 Å². The fourth-order valence-corrected chi connectivity index (χ4v) is 3.10. The van der Waals surface area contributed by atoms with E-state index in [1.807, 2.05) is 43.5 Å². The molecule has 1 aliphatic carbocycles. The van der Waals surface area contributed by atoms with Gasteiger partial charge in [0, 0.05) is 12.1 Å². The quantitative estimate of drug-likeness (QED) is 0.841. The smallest absolute Gasteiger partial charge is 0.224 e. The van der Waals surface area contributed by atoms with Crippen LogP contribution in [0.1, 0.15) is 18.4 Å². The Morgan fingerprint density at radius 1 is 1.16 bits per heavy atom. The topological polar surface area (TPSA) is 70.6 Å². The molecule has 5 nitrogen and oxygen atoms in total. The van der Waals surface area contributed by atoms with Gasteiger partial charge >= 0.3 is 0 Å². The Kier molecular flexibility index (Phi) is 3.84. The summed E-state index contributed by atoms with van der Waals surface area (Å²) in [6.07, 6.45) is 5.77. The molecule has 2 aromatic carbocycles. The predicted octanol–water partition coefficient (Wildman–Crippen LogP) is 2.03. The average molecular weight is 333 g/mol. The lowest BCUT2D eigenvalue weighted by molar-refractivity contribution is -0.122. The molecule has 4 rings (SSSR count). The lowest BCUT2D eigenvalue weighted by Gasteiger charge is -2.18. The van der Waals surface area contributed by atoms with Gasteiger partial charge in [-0.15, -0.1) is 4.91 Å². The maximum Gasteiger partial charge on any atom is 0.224 e. The average Bonchev–Trinajstić information content (AvgIpc) is 3.47. The highest BCUT2D eigenvalue weighted by Crippen LogP contribution is 2.29. The molecule has 1 heterocycles. The summed E-state index contributed by atoms with van der Waals surface area (Å²) in [5, 5.41) is 11.4. The van der Waals surface area contributed by atoms with E-state index in [1.54, 1.807) is 6.07 Å². The first-order valence-corrected chi connectivity index (χ1v) is 8.47. The Balaban J connectivity index is 1.65. The molecule has 0 aromatic heterocycles. The number of hydrogen-bond acceptors (Lipinski definition) is 4. The number of rotatable bonds is 4. The molecule has 1 atom stereocenters. The summed E-state index contributed by atoms with van der Waals surface area (Å²) in [6, 6.07) is 11.6. The van der Waals surface area contributed by atoms with E-state index in [0.717, 1.165) is 40.0 Å². The van der Waals surface area contributed by atoms with Gasteiger partial charge in [0.05, 0.1) is 0 Å². The first-order chi connectivity index (χ1) is 12.1. The van der Waals surface area contributed by atoms with Crippen LogP contribution in [0.5, 0.6) is 0 Å². The van der Waals surface area contributed by atoms with Gasteiger partial charge in [0.1, 0.15) is 11.9 Å². The molecule has 1 saturated carbocycles. The van der Waals surface area contributed by atoms with Crippen LogP contribution in [0.15, 0.2) is 41.6 Å². The van der Waals surface area contributed by atoms with E-state index in [0.29, 0.717) is 5.69 Å². The zero-order valence-electron chi connectivity index (χ0n) is 14.0. The second kappa shape index (κ2) is 6.16. The van der Waals surface area contributed by atoms with Crippen molar-refractivity contribution in [1.82, 2.24) is 10.6 Å². The van der Waals surface area contributed by atoms with Gasteiger partial charge in [-0.25, -0.2) is 0 Å². The minimum atomic E-state index is -0.171. The third kappa shape index (κ3) is 3.18. The van der Waals surface area contributed by atoms with Gasteiger partial charge in [0.15, 0.2) is 0 Å². The summed E-state index contributed by atoms with van der Waals surface area (Å²) in [5.74, 6) is 0.316. The molecule has 2 aromatic rings. The minimum absolute atomic E-state index is 0.121. The van der Waals surface area contributed by atoms with Gasteiger partial charge in [-0.2, -0.15) is 0 Å². The standard InChI is InChI=1S/C20H19N3O2/c1-12-2-7-17(23-25)10-18(12)15-6-5-14-9-19(21-11-16(14)8-15)22-20(24)13-3-4-13/h2,5-11,13,19,21H,3-4H2,1H3,(H,22,24). The summed E-state index contributed by atoms with van der Waals surface area (Å²) in [7, 11) is 0. The van der Waals surface area contributed by atoms with Crippen LogP contribution in [-0.4, -0.2) is 12.1 Å². The number of hydrogen-bond donors (Lipinski definition) is 2. The third-order valence-corrected chi connectivity index (χ3v) is 4.73. The van der Waals surface area contributed by atoms with Crippen molar-refractivity contribution in [3.8, 4) is 11.1 Å². The van der Waals surface area contributed by atoms with Crippen LogP contribution < -0.4 is 21.1 Å². The van der Waals surface area contributed by atoms with E-state index < -0.39 is 0 Å². The third-order valence-electron chi connectivity index (χ3n) is 4.73. The summed E-state index contributed by atoms with van der Waals surface area (Å²) < 4.78 is 0. The Hall–Kier alpha value is -2.95. The first kappa shape index (κ1) is 15.6. The molecule has 0 saturated heterocycles. The van der Waals surface area contributed by atoms with Gasteiger partial charge in [-0.1, -0.05) is 18.2 Å². The molecule has 5 heteroatoms. The Morgan fingerprint density at radius 3 is 2.76 bits per heavy atom. The summed E-state index contributed by atoms with van der Waals surface area (Å²) >= 11 is 0. The van der Waals surface area contributed by atoms with Crippen molar-refractivity contribution in [2.75, 3.05) is 0 Å². The molecule has 1 amide bonds. The monoisotopic (exact) mass is 333 g/mol. The number of carbonyl (C=O) groups excluding carboxylic acids is 1. The van der Waals surface area contributed by atoms with Crippen LogP contribution >= 0.6 is 0 Å². The first-order valence-electron chi connectivity index (χ1n) is 8.47. The normalized spacial score (nSPS) is 18.2. The Bertz CT molecular complexity index is 977. The van der Waals surface area contributed by atoms with Gasteiger partial charge in [0.25, 0.3) is 0 Å². The zero-order chi connectivity index (χ0) is 17.4. The van der Waals surface area contributed by atoms with E-state index in [-0.39, 0.29) is 18.0 Å². The van der Waals surface area contributed by atoms with Crippen LogP contribution in [0.25, 0.3) is 23.4 Å². The number of fused-ring (bicyclic) bond motifs is 1. The fourth-order valence-electron chi connectivity index (χ4n) is 3.10. The van der Waals surface area contributed by atoms with E-state index >= 15 is 0 Å². The summed E-state index contributed by atoms with van der Waals surface area (Å²) in [6.45, 7) is 2.01. The van der Waals surface area contributed by atoms with Gasteiger partial charge in [-0.05, 0) is 76.3 Å². The number of nitroso groups, excluding NO2 is 1. The van der Waals surface area contributed by atoms with Crippen molar-refractivity contribution in [2.45, 2.75) is 25.9 Å².